The molecule has 0 heterocycles. The molecule has 0 aromatic rings. The van der Waals surface area contributed by atoms with Crippen LogP contribution in [0.25, 0.3) is 0 Å². The fourth-order valence-corrected chi connectivity index (χ4v) is 3.31. The highest BCUT2D eigenvalue weighted by atomic mass is 127. The summed E-state index contributed by atoms with van der Waals surface area (Å²) in [6, 6.07) is 0.593. The zero-order valence-corrected chi connectivity index (χ0v) is 15.9. The van der Waals surface area contributed by atoms with Crippen LogP contribution in [-0.2, 0) is 0 Å². The zero-order valence-electron chi connectivity index (χ0n) is 12.7. The van der Waals surface area contributed by atoms with Crippen molar-refractivity contribution in [3.05, 3.63) is 0 Å². The Balaban J connectivity index is 0.00000324. The molecule has 1 rings (SSSR count). The molecule has 0 spiro atoms. The van der Waals surface area contributed by atoms with Crippen molar-refractivity contribution in [2.24, 2.45) is 16.8 Å². The van der Waals surface area contributed by atoms with Gasteiger partial charge >= 0.3 is 0 Å². The minimum absolute atomic E-state index is 0. The molecule has 0 aromatic carbocycles. The van der Waals surface area contributed by atoms with Crippen LogP contribution in [0.1, 0.15) is 39.5 Å². The number of rotatable bonds is 5. The SMILES string of the molecule is CN=C(NCCCSC)NC1CC(C)CC(C)C1.I. The lowest BCUT2D eigenvalue weighted by atomic mass is 9.80. The van der Waals surface area contributed by atoms with Crippen LogP contribution in [0.5, 0.6) is 0 Å². The van der Waals surface area contributed by atoms with Crippen LogP contribution in [0.2, 0.25) is 0 Å². The first-order valence-corrected chi connectivity index (χ1v) is 8.51. The van der Waals surface area contributed by atoms with Crippen LogP contribution < -0.4 is 10.6 Å². The molecule has 0 saturated heterocycles. The summed E-state index contributed by atoms with van der Waals surface area (Å²) in [7, 11) is 1.86. The van der Waals surface area contributed by atoms with E-state index in [0.29, 0.717) is 6.04 Å². The maximum atomic E-state index is 4.32. The summed E-state index contributed by atoms with van der Waals surface area (Å²) in [6.45, 7) is 5.73. The highest BCUT2D eigenvalue weighted by Crippen LogP contribution is 2.28. The smallest absolute Gasteiger partial charge is 0.191 e. The normalized spacial score (nSPS) is 27.6. The van der Waals surface area contributed by atoms with Gasteiger partial charge in [-0.25, -0.2) is 0 Å². The molecule has 3 nitrogen and oxygen atoms in total. The van der Waals surface area contributed by atoms with Crippen molar-refractivity contribution >= 4 is 41.7 Å². The highest BCUT2D eigenvalue weighted by Gasteiger charge is 2.24. The molecule has 5 heteroatoms. The third-order valence-electron chi connectivity index (χ3n) is 3.56. The van der Waals surface area contributed by atoms with Crippen molar-refractivity contribution in [2.45, 2.75) is 45.6 Å². The van der Waals surface area contributed by atoms with Gasteiger partial charge in [-0.05, 0) is 49.5 Å². The first-order valence-electron chi connectivity index (χ1n) is 7.11. The molecule has 2 unspecified atom stereocenters. The molecule has 0 amide bonds. The number of nitrogens with one attached hydrogen (secondary N) is 2. The lowest BCUT2D eigenvalue weighted by Crippen LogP contribution is -2.46. The van der Waals surface area contributed by atoms with E-state index in [4.69, 9.17) is 0 Å². The van der Waals surface area contributed by atoms with Crippen LogP contribution in [0, 0.1) is 11.8 Å². The molecule has 0 radical (unpaired) electrons. The fourth-order valence-electron chi connectivity index (χ4n) is 2.88. The average Bonchev–Trinajstić information content (AvgIpc) is 2.32. The van der Waals surface area contributed by atoms with Gasteiger partial charge in [0.1, 0.15) is 0 Å². The number of hydrogen-bond donors (Lipinski definition) is 2. The molecule has 114 valence electrons. The van der Waals surface area contributed by atoms with Gasteiger partial charge in [-0.1, -0.05) is 13.8 Å². The van der Waals surface area contributed by atoms with E-state index in [9.17, 15) is 0 Å². The van der Waals surface area contributed by atoms with Gasteiger partial charge in [0, 0.05) is 19.6 Å². The maximum Gasteiger partial charge on any atom is 0.191 e. The van der Waals surface area contributed by atoms with Crippen molar-refractivity contribution in [2.75, 3.05) is 25.6 Å². The number of hydrogen-bond acceptors (Lipinski definition) is 2. The minimum atomic E-state index is 0. The quantitative estimate of drug-likeness (QED) is 0.322. The molecule has 19 heavy (non-hydrogen) atoms. The lowest BCUT2D eigenvalue weighted by molar-refractivity contribution is 0.255. The molecule has 2 atom stereocenters. The fraction of sp³-hybridized carbons (Fsp3) is 0.929. The van der Waals surface area contributed by atoms with Gasteiger partial charge in [-0.3, -0.25) is 4.99 Å². The van der Waals surface area contributed by atoms with E-state index < -0.39 is 0 Å². The monoisotopic (exact) mass is 399 g/mol. The Hall–Kier alpha value is 0.350. The van der Waals surface area contributed by atoms with Gasteiger partial charge in [0.05, 0.1) is 0 Å². The highest BCUT2D eigenvalue weighted by molar-refractivity contribution is 14.0. The minimum Gasteiger partial charge on any atom is -0.356 e. The van der Waals surface area contributed by atoms with Crippen molar-refractivity contribution in [1.29, 1.82) is 0 Å². The molecule has 1 aliphatic rings. The van der Waals surface area contributed by atoms with E-state index in [1.807, 2.05) is 18.8 Å². The Morgan fingerprint density at radius 2 is 1.84 bits per heavy atom. The summed E-state index contributed by atoms with van der Waals surface area (Å²) >= 11 is 1.90. The molecule has 2 N–H and O–H groups in total. The number of aliphatic imine (C=N–C) groups is 1. The van der Waals surface area contributed by atoms with Crippen LogP contribution in [0.3, 0.4) is 0 Å². The first-order chi connectivity index (χ1) is 8.65. The Kier molecular flexibility index (Phi) is 11.3. The summed E-state index contributed by atoms with van der Waals surface area (Å²) in [4.78, 5) is 4.32. The molecule has 1 aliphatic carbocycles. The first kappa shape index (κ1) is 19.4. The number of thioether (sulfide) groups is 1. The molecule has 1 fully saturated rings. The van der Waals surface area contributed by atoms with E-state index in [-0.39, 0.29) is 24.0 Å². The van der Waals surface area contributed by atoms with Crippen LogP contribution in [-0.4, -0.2) is 37.6 Å². The standard InChI is InChI=1S/C14H29N3S.HI/c1-11-8-12(2)10-13(9-11)17-14(15-3)16-6-5-7-18-4;/h11-13H,5-10H2,1-4H3,(H2,15,16,17);1H. The van der Waals surface area contributed by atoms with E-state index in [2.05, 4.69) is 35.7 Å². The Labute approximate surface area is 140 Å². The van der Waals surface area contributed by atoms with Crippen LogP contribution >= 0.6 is 35.7 Å². The molecule has 0 aromatic heterocycles. The summed E-state index contributed by atoms with van der Waals surface area (Å²) in [5.41, 5.74) is 0. The molecule has 0 aliphatic heterocycles. The van der Waals surface area contributed by atoms with Gasteiger partial charge in [0.15, 0.2) is 5.96 Å². The van der Waals surface area contributed by atoms with Crippen molar-refractivity contribution in [3.8, 4) is 0 Å². The van der Waals surface area contributed by atoms with Crippen molar-refractivity contribution in [3.63, 3.8) is 0 Å². The lowest BCUT2D eigenvalue weighted by Gasteiger charge is -2.32. The van der Waals surface area contributed by atoms with Gasteiger partial charge in [-0.15, -0.1) is 24.0 Å². The van der Waals surface area contributed by atoms with Crippen molar-refractivity contribution < 1.29 is 0 Å². The Bertz CT molecular complexity index is 251. The molecule has 0 bridgehead atoms. The zero-order chi connectivity index (χ0) is 13.4. The van der Waals surface area contributed by atoms with E-state index in [1.165, 1.54) is 31.4 Å². The maximum absolute atomic E-state index is 4.32. The van der Waals surface area contributed by atoms with Crippen LogP contribution in [0.4, 0.5) is 0 Å². The second-order valence-electron chi connectivity index (χ2n) is 5.60. The summed E-state index contributed by atoms with van der Waals surface area (Å²) in [6.07, 6.45) is 7.26. The Morgan fingerprint density at radius 3 is 2.37 bits per heavy atom. The van der Waals surface area contributed by atoms with Gasteiger partial charge in [-0.2, -0.15) is 11.8 Å². The molecular formula is C14H30IN3S. The van der Waals surface area contributed by atoms with E-state index >= 15 is 0 Å². The predicted octanol–water partition coefficient (Wildman–Crippen LogP) is 3.35. The van der Waals surface area contributed by atoms with Gasteiger partial charge in [0.2, 0.25) is 0 Å². The second-order valence-corrected chi connectivity index (χ2v) is 6.59. The van der Waals surface area contributed by atoms with E-state index in [1.54, 1.807) is 0 Å². The average molecular weight is 399 g/mol. The van der Waals surface area contributed by atoms with Gasteiger partial charge < -0.3 is 10.6 Å². The number of guanidine groups is 1. The third kappa shape index (κ3) is 8.27. The number of halogens is 1. The van der Waals surface area contributed by atoms with Crippen molar-refractivity contribution in [1.82, 2.24) is 10.6 Å². The summed E-state index contributed by atoms with van der Waals surface area (Å²) in [5.74, 6) is 3.85. The van der Waals surface area contributed by atoms with E-state index in [0.717, 1.165) is 24.3 Å². The largest absolute Gasteiger partial charge is 0.356 e. The van der Waals surface area contributed by atoms with Gasteiger partial charge in [0.25, 0.3) is 0 Å². The van der Waals surface area contributed by atoms with Crippen LogP contribution in [0.15, 0.2) is 4.99 Å². The summed E-state index contributed by atoms with van der Waals surface area (Å²) < 4.78 is 0. The molecular weight excluding hydrogens is 369 g/mol. The summed E-state index contributed by atoms with van der Waals surface area (Å²) in [5, 5.41) is 6.98. The topological polar surface area (TPSA) is 36.4 Å². The second kappa shape index (κ2) is 11.1. The Morgan fingerprint density at radius 1 is 1.21 bits per heavy atom. The third-order valence-corrected chi connectivity index (χ3v) is 4.26. The molecule has 1 saturated carbocycles. The predicted molar refractivity (Wildman–Crippen MR) is 98.9 cm³/mol. The number of nitrogens with zero attached hydrogens (tertiary/aromatic N) is 1.